The summed E-state index contributed by atoms with van der Waals surface area (Å²) in [6.45, 7) is 5.59. The lowest BCUT2D eigenvalue weighted by molar-refractivity contribution is -0.132. The van der Waals surface area contributed by atoms with E-state index < -0.39 is 0 Å². The molecule has 2 fully saturated rings. The van der Waals surface area contributed by atoms with Crippen LogP contribution in [0.5, 0.6) is 5.75 Å². The molecule has 0 saturated carbocycles. The molecule has 1 N–H and O–H groups in total. The van der Waals surface area contributed by atoms with Crippen molar-refractivity contribution in [1.29, 1.82) is 0 Å². The van der Waals surface area contributed by atoms with Gasteiger partial charge < -0.3 is 14.9 Å². The van der Waals surface area contributed by atoms with Crippen molar-refractivity contribution in [2.24, 2.45) is 5.92 Å². The number of carbonyl (C=O) groups excluding carboxylic acids is 1. The number of carbonyl (C=O) groups is 1. The summed E-state index contributed by atoms with van der Waals surface area (Å²) < 4.78 is 0. The maximum absolute atomic E-state index is 12.4. The van der Waals surface area contributed by atoms with Gasteiger partial charge in [-0.2, -0.15) is 0 Å². The van der Waals surface area contributed by atoms with Gasteiger partial charge >= 0.3 is 0 Å². The summed E-state index contributed by atoms with van der Waals surface area (Å²) in [4.78, 5) is 17.0. The zero-order valence-electron chi connectivity index (χ0n) is 13.9. The molecule has 2 saturated heterocycles. The van der Waals surface area contributed by atoms with Crippen LogP contribution in [-0.2, 0) is 11.2 Å². The second-order valence-electron chi connectivity index (χ2n) is 7.00. The SMILES string of the molecule is O=C(CCc1cccc(O)c1)N1CCC(CN2CCCC2)CC1. The zero-order chi connectivity index (χ0) is 16.1. The number of hydrogen-bond donors (Lipinski definition) is 1. The predicted octanol–water partition coefficient (Wildman–Crippen LogP) is 2.66. The van der Waals surface area contributed by atoms with Gasteiger partial charge in [-0.15, -0.1) is 0 Å². The molecule has 0 radical (unpaired) electrons. The summed E-state index contributed by atoms with van der Waals surface area (Å²) in [5, 5.41) is 9.47. The molecule has 2 aliphatic heterocycles. The first kappa shape index (κ1) is 16.3. The molecule has 1 aromatic rings. The number of benzene rings is 1. The van der Waals surface area contributed by atoms with Gasteiger partial charge in [0.15, 0.2) is 0 Å². The molecule has 4 heteroatoms. The van der Waals surface area contributed by atoms with Crippen LogP contribution in [0.4, 0.5) is 0 Å². The lowest BCUT2D eigenvalue weighted by atomic mass is 9.96. The summed E-state index contributed by atoms with van der Waals surface area (Å²) in [5.41, 5.74) is 1.03. The first-order chi connectivity index (χ1) is 11.2. The largest absolute Gasteiger partial charge is 0.508 e. The number of piperidine rings is 1. The minimum absolute atomic E-state index is 0.257. The fourth-order valence-electron chi connectivity index (χ4n) is 3.82. The Morgan fingerprint density at radius 3 is 2.57 bits per heavy atom. The van der Waals surface area contributed by atoms with E-state index in [1.165, 1.54) is 32.5 Å². The van der Waals surface area contributed by atoms with Crippen molar-refractivity contribution >= 4 is 5.91 Å². The highest BCUT2D eigenvalue weighted by atomic mass is 16.3. The molecule has 23 heavy (non-hydrogen) atoms. The molecule has 0 bridgehead atoms. The van der Waals surface area contributed by atoms with E-state index in [0.29, 0.717) is 12.8 Å². The minimum Gasteiger partial charge on any atom is -0.508 e. The maximum atomic E-state index is 12.4. The molecule has 2 aliphatic rings. The first-order valence-corrected chi connectivity index (χ1v) is 8.99. The Labute approximate surface area is 139 Å². The van der Waals surface area contributed by atoms with Crippen molar-refractivity contribution in [3.8, 4) is 5.75 Å². The van der Waals surface area contributed by atoms with Gasteiger partial charge in [-0.05, 0) is 68.8 Å². The van der Waals surface area contributed by atoms with Crippen LogP contribution in [0.2, 0.25) is 0 Å². The molecule has 0 atom stereocenters. The van der Waals surface area contributed by atoms with Crippen molar-refractivity contribution in [3.05, 3.63) is 29.8 Å². The van der Waals surface area contributed by atoms with E-state index in [4.69, 9.17) is 0 Å². The van der Waals surface area contributed by atoms with Crippen molar-refractivity contribution in [3.63, 3.8) is 0 Å². The van der Waals surface area contributed by atoms with Gasteiger partial charge in [-0.3, -0.25) is 4.79 Å². The molecule has 1 aromatic carbocycles. The number of amides is 1. The Balaban J connectivity index is 1.39. The second-order valence-corrected chi connectivity index (χ2v) is 7.00. The van der Waals surface area contributed by atoms with Gasteiger partial charge in [0, 0.05) is 26.1 Å². The maximum Gasteiger partial charge on any atom is 0.222 e. The number of hydrogen-bond acceptors (Lipinski definition) is 3. The molecule has 126 valence electrons. The Kier molecular flexibility index (Phi) is 5.55. The normalized spacial score (nSPS) is 20.1. The average Bonchev–Trinajstić information content (AvgIpc) is 3.06. The van der Waals surface area contributed by atoms with E-state index in [1.54, 1.807) is 12.1 Å². The van der Waals surface area contributed by atoms with Crippen LogP contribution in [0.1, 0.15) is 37.7 Å². The van der Waals surface area contributed by atoms with E-state index in [2.05, 4.69) is 4.90 Å². The van der Waals surface area contributed by atoms with Gasteiger partial charge in [-0.1, -0.05) is 12.1 Å². The summed E-state index contributed by atoms with van der Waals surface area (Å²) in [7, 11) is 0. The van der Waals surface area contributed by atoms with E-state index >= 15 is 0 Å². The molecule has 2 heterocycles. The van der Waals surface area contributed by atoms with Crippen LogP contribution >= 0.6 is 0 Å². The molecule has 3 rings (SSSR count). The third kappa shape index (κ3) is 4.71. The molecule has 0 unspecified atom stereocenters. The number of aromatic hydroxyl groups is 1. The highest BCUT2D eigenvalue weighted by Crippen LogP contribution is 2.21. The zero-order valence-corrected chi connectivity index (χ0v) is 13.9. The van der Waals surface area contributed by atoms with Crippen molar-refractivity contribution in [1.82, 2.24) is 9.80 Å². The summed E-state index contributed by atoms with van der Waals surface area (Å²) in [6, 6.07) is 7.21. The first-order valence-electron chi connectivity index (χ1n) is 8.99. The smallest absolute Gasteiger partial charge is 0.222 e. The topological polar surface area (TPSA) is 43.8 Å². The molecule has 1 amide bonds. The number of phenols is 1. The lowest BCUT2D eigenvalue weighted by Crippen LogP contribution is -2.41. The number of phenolic OH excluding ortho intramolecular Hbond substituents is 1. The van der Waals surface area contributed by atoms with Gasteiger partial charge in [0.1, 0.15) is 5.75 Å². The fourth-order valence-corrected chi connectivity index (χ4v) is 3.82. The second kappa shape index (κ2) is 7.82. The Bertz CT molecular complexity index is 518. The molecule has 0 spiro atoms. The van der Waals surface area contributed by atoms with Crippen molar-refractivity contribution in [2.45, 2.75) is 38.5 Å². The summed E-state index contributed by atoms with van der Waals surface area (Å²) >= 11 is 0. The van der Waals surface area contributed by atoms with Crippen LogP contribution in [0.25, 0.3) is 0 Å². The van der Waals surface area contributed by atoms with E-state index in [9.17, 15) is 9.90 Å². The van der Waals surface area contributed by atoms with E-state index in [0.717, 1.165) is 37.4 Å². The third-order valence-electron chi connectivity index (χ3n) is 5.22. The van der Waals surface area contributed by atoms with Gasteiger partial charge in [0.2, 0.25) is 5.91 Å². The number of aryl methyl sites for hydroxylation is 1. The van der Waals surface area contributed by atoms with Gasteiger partial charge in [-0.25, -0.2) is 0 Å². The Morgan fingerprint density at radius 1 is 1.13 bits per heavy atom. The lowest BCUT2D eigenvalue weighted by Gasteiger charge is -2.34. The molecule has 0 aliphatic carbocycles. The Hall–Kier alpha value is -1.55. The third-order valence-corrected chi connectivity index (χ3v) is 5.22. The predicted molar refractivity (Wildman–Crippen MR) is 91.4 cm³/mol. The molecular weight excluding hydrogens is 288 g/mol. The number of likely N-dealkylation sites (tertiary alicyclic amines) is 2. The fraction of sp³-hybridized carbons (Fsp3) is 0.632. The van der Waals surface area contributed by atoms with E-state index in [-0.39, 0.29) is 11.7 Å². The highest BCUT2D eigenvalue weighted by Gasteiger charge is 2.24. The van der Waals surface area contributed by atoms with Crippen LogP contribution < -0.4 is 0 Å². The van der Waals surface area contributed by atoms with Crippen molar-refractivity contribution < 1.29 is 9.90 Å². The number of nitrogens with zero attached hydrogens (tertiary/aromatic N) is 2. The minimum atomic E-state index is 0.257. The van der Waals surface area contributed by atoms with Gasteiger partial charge in [0.05, 0.1) is 0 Å². The van der Waals surface area contributed by atoms with Crippen LogP contribution in [0.3, 0.4) is 0 Å². The van der Waals surface area contributed by atoms with E-state index in [1.807, 2.05) is 17.0 Å². The molecule has 0 aromatic heterocycles. The molecular formula is C19H28N2O2. The van der Waals surface area contributed by atoms with Crippen LogP contribution in [0.15, 0.2) is 24.3 Å². The van der Waals surface area contributed by atoms with Crippen LogP contribution in [-0.4, -0.2) is 53.5 Å². The van der Waals surface area contributed by atoms with Crippen molar-refractivity contribution in [2.75, 3.05) is 32.7 Å². The highest BCUT2D eigenvalue weighted by molar-refractivity contribution is 5.76. The monoisotopic (exact) mass is 316 g/mol. The summed E-state index contributed by atoms with van der Waals surface area (Å²) in [5.74, 6) is 1.30. The van der Waals surface area contributed by atoms with Gasteiger partial charge in [0.25, 0.3) is 0 Å². The standard InChI is InChI=1S/C19H28N2O2/c22-18-5-3-4-16(14-18)6-7-19(23)21-12-8-17(9-13-21)15-20-10-1-2-11-20/h3-5,14,17,22H,1-2,6-13,15H2. The Morgan fingerprint density at radius 2 is 1.87 bits per heavy atom. The summed E-state index contributed by atoms with van der Waals surface area (Å²) in [6.07, 6.45) is 6.25. The number of rotatable bonds is 5. The molecule has 4 nitrogen and oxygen atoms in total. The quantitative estimate of drug-likeness (QED) is 0.908. The van der Waals surface area contributed by atoms with Crippen LogP contribution in [0, 0.1) is 5.92 Å². The average molecular weight is 316 g/mol.